The second kappa shape index (κ2) is 9.74. The summed E-state index contributed by atoms with van der Waals surface area (Å²) >= 11 is -1.96. The zero-order valence-corrected chi connectivity index (χ0v) is 13.9. The Morgan fingerprint density at radius 1 is 0.800 bits per heavy atom. The predicted molar refractivity (Wildman–Crippen MR) is 73.8 cm³/mol. The van der Waals surface area contributed by atoms with Crippen molar-refractivity contribution in [2.24, 2.45) is 0 Å². The quantitative estimate of drug-likeness (QED) is 0.476. The zero-order valence-electron chi connectivity index (χ0n) is 11.0. The van der Waals surface area contributed by atoms with Crippen molar-refractivity contribution < 1.29 is 0 Å². The van der Waals surface area contributed by atoms with Gasteiger partial charge in [-0.2, -0.15) is 0 Å². The van der Waals surface area contributed by atoms with Crippen LogP contribution in [0.25, 0.3) is 0 Å². The normalized spacial score (nSPS) is 11.7. The molecule has 0 atom stereocenters. The summed E-state index contributed by atoms with van der Waals surface area (Å²) in [6, 6.07) is 0. The Morgan fingerprint density at radius 3 is 1.33 bits per heavy atom. The van der Waals surface area contributed by atoms with Gasteiger partial charge in [-0.05, 0) is 0 Å². The average Bonchev–Trinajstić information content (AvgIpc) is 2.29. The van der Waals surface area contributed by atoms with Gasteiger partial charge in [0, 0.05) is 0 Å². The van der Waals surface area contributed by atoms with Crippen molar-refractivity contribution in [3.05, 3.63) is 10.7 Å². The summed E-state index contributed by atoms with van der Waals surface area (Å²) in [5.74, 6) is 0. The Morgan fingerprint density at radius 2 is 1.13 bits per heavy atom. The molecule has 0 fully saturated rings. The first-order valence-corrected chi connectivity index (χ1v) is 14.5. The van der Waals surface area contributed by atoms with Crippen LogP contribution in [0.1, 0.15) is 59.3 Å². The van der Waals surface area contributed by atoms with Gasteiger partial charge >= 0.3 is 102 Å². The fourth-order valence-electron chi connectivity index (χ4n) is 2.21. The summed E-state index contributed by atoms with van der Waals surface area (Å²) in [6.45, 7) is 12.9. The summed E-state index contributed by atoms with van der Waals surface area (Å²) in [6.07, 6.45) is 8.26. The van der Waals surface area contributed by atoms with E-state index in [2.05, 4.69) is 24.9 Å². The molecule has 0 nitrogen and oxygen atoms in total. The third-order valence-electron chi connectivity index (χ3n) is 3.44. The van der Waals surface area contributed by atoms with Crippen molar-refractivity contribution in [2.45, 2.75) is 72.6 Å². The van der Waals surface area contributed by atoms with Crippen molar-refractivity contribution in [3.63, 3.8) is 0 Å². The van der Waals surface area contributed by atoms with Crippen LogP contribution in [-0.4, -0.2) is 18.4 Å². The van der Waals surface area contributed by atoms with Gasteiger partial charge in [0.15, 0.2) is 0 Å². The number of unbranched alkanes of at least 4 members (excludes halogenated alkanes) is 3. The van der Waals surface area contributed by atoms with Crippen LogP contribution >= 0.6 is 0 Å². The molecule has 0 N–H and O–H groups in total. The topological polar surface area (TPSA) is 0 Å². The van der Waals surface area contributed by atoms with E-state index in [4.69, 9.17) is 6.58 Å². The van der Waals surface area contributed by atoms with Gasteiger partial charge in [-0.25, -0.2) is 0 Å². The number of rotatable bonds is 10. The molecule has 15 heavy (non-hydrogen) atoms. The van der Waals surface area contributed by atoms with Crippen molar-refractivity contribution in [1.82, 2.24) is 0 Å². The fourth-order valence-corrected chi connectivity index (χ4v) is 14.8. The van der Waals surface area contributed by atoms with Gasteiger partial charge < -0.3 is 0 Å². The Kier molecular flexibility index (Phi) is 10.1. The summed E-state index contributed by atoms with van der Waals surface area (Å²) in [7, 11) is 0. The van der Waals surface area contributed by atoms with E-state index in [0.717, 1.165) is 0 Å². The molecule has 0 heterocycles. The maximum atomic E-state index is 6.00. The molecule has 0 rings (SSSR count). The van der Waals surface area contributed by atoms with E-state index in [1.54, 1.807) is 0 Å². The summed E-state index contributed by atoms with van der Waals surface area (Å²) in [5.41, 5.74) is 0. The van der Waals surface area contributed by atoms with E-state index in [9.17, 15) is 0 Å². The zero-order chi connectivity index (χ0) is 11.6. The molecule has 0 saturated carbocycles. The van der Waals surface area contributed by atoms with E-state index < -0.39 is 18.4 Å². The molecule has 1 radical (unpaired) electrons. The Balaban J connectivity index is 4.23. The summed E-state index contributed by atoms with van der Waals surface area (Å²) in [5, 5.41) is 0. The van der Waals surface area contributed by atoms with Gasteiger partial charge in [0.25, 0.3) is 0 Å². The van der Waals surface area contributed by atoms with Crippen LogP contribution in [0.5, 0.6) is 0 Å². The van der Waals surface area contributed by atoms with Gasteiger partial charge in [0.05, 0.1) is 0 Å². The van der Waals surface area contributed by atoms with Crippen LogP contribution in [0.2, 0.25) is 13.3 Å². The van der Waals surface area contributed by atoms with E-state index in [-0.39, 0.29) is 0 Å². The van der Waals surface area contributed by atoms with Crippen LogP contribution in [-0.2, 0) is 0 Å². The molecule has 0 aromatic heterocycles. The third-order valence-corrected chi connectivity index (χ3v) is 17.0. The van der Waals surface area contributed by atoms with E-state index >= 15 is 0 Å². The summed E-state index contributed by atoms with van der Waals surface area (Å²) < 4.78 is 6.72. The van der Waals surface area contributed by atoms with Crippen LogP contribution in [0.15, 0.2) is 4.09 Å². The van der Waals surface area contributed by atoms with Crippen LogP contribution in [0.4, 0.5) is 0 Å². The molecular formula is C14H29Sn. The SMILES string of the molecule is [CH]=[CH][Sn]([CH2]CCC)([CH2]CCC)[CH2]CCC. The fraction of sp³-hybridized carbons (Fsp3) is 0.857. The standard InChI is InChI=1S/3C4H9.C2H2.Sn/c3*1-3-4-2;1-2;/h3*1,3-4H2,2H3;1-2H;. The Bertz CT molecular complexity index is 130. The first-order valence-electron chi connectivity index (χ1n) is 6.80. The molecule has 0 spiro atoms. The van der Waals surface area contributed by atoms with Gasteiger partial charge in [-0.15, -0.1) is 0 Å². The van der Waals surface area contributed by atoms with Crippen LogP contribution in [0, 0.1) is 6.58 Å². The molecule has 0 bridgehead atoms. The van der Waals surface area contributed by atoms with Crippen LogP contribution < -0.4 is 0 Å². The third kappa shape index (κ3) is 6.65. The monoisotopic (exact) mass is 317 g/mol. The van der Waals surface area contributed by atoms with E-state index in [1.165, 1.54) is 51.8 Å². The van der Waals surface area contributed by atoms with Gasteiger partial charge in [-0.1, -0.05) is 0 Å². The van der Waals surface area contributed by atoms with Gasteiger partial charge in [0.1, 0.15) is 0 Å². The molecule has 0 unspecified atom stereocenters. The van der Waals surface area contributed by atoms with Crippen molar-refractivity contribution in [3.8, 4) is 0 Å². The van der Waals surface area contributed by atoms with E-state index in [1.807, 2.05) is 0 Å². The second-order valence-electron chi connectivity index (χ2n) is 4.84. The Labute approximate surface area is 101 Å². The van der Waals surface area contributed by atoms with Crippen molar-refractivity contribution in [2.75, 3.05) is 0 Å². The molecule has 0 amide bonds. The molecule has 0 aromatic rings. The first-order chi connectivity index (χ1) is 7.24. The molecule has 1 heteroatoms. The minimum absolute atomic E-state index is 1.34. The van der Waals surface area contributed by atoms with Gasteiger partial charge in [-0.3, -0.25) is 0 Å². The van der Waals surface area contributed by atoms with E-state index in [0.29, 0.717) is 0 Å². The molecule has 0 aromatic carbocycles. The van der Waals surface area contributed by atoms with Crippen molar-refractivity contribution in [1.29, 1.82) is 0 Å². The Hall–Kier alpha value is 0.539. The minimum atomic E-state index is -1.96. The molecular weight excluding hydrogens is 287 g/mol. The second-order valence-corrected chi connectivity index (χ2v) is 17.8. The first kappa shape index (κ1) is 15.5. The summed E-state index contributed by atoms with van der Waals surface area (Å²) in [4.78, 5) is 0. The van der Waals surface area contributed by atoms with Gasteiger partial charge in [0.2, 0.25) is 0 Å². The average molecular weight is 316 g/mol. The molecule has 0 saturated heterocycles. The molecule has 0 aliphatic carbocycles. The van der Waals surface area contributed by atoms with Crippen LogP contribution in [0.3, 0.4) is 0 Å². The van der Waals surface area contributed by atoms with Crippen molar-refractivity contribution >= 4 is 18.4 Å². The predicted octanol–water partition coefficient (Wildman–Crippen LogP) is 5.36. The maximum absolute atomic E-state index is 6.00. The number of hydrogen-bond donors (Lipinski definition) is 0. The molecule has 0 aliphatic heterocycles. The number of hydrogen-bond acceptors (Lipinski definition) is 0. The molecule has 0 aliphatic rings. The molecule has 89 valence electrons.